The predicted molar refractivity (Wildman–Crippen MR) is 218 cm³/mol. The van der Waals surface area contributed by atoms with Crippen LogP contribution in [0.15, 0.2) is 66.7 Å². The summed E-state index contributed by atoms with van der Waals surface area (Å²) in [5.74, 6) is 1.71. The molecule has 12 heteroatoms. The van der Waals surface area contributed by atoms with E-state index in [9.17, 15) is 19.7 Å². The van der Waals surface area contributed by atoms with E-state index in [0.717, 1.165) is 73.1 Å². The van der Waals surface area contributed by atoms with Crippen molar-refractivity contribution in [2.24, 2.45) is 0 Å². The highest BCUT2D eigenvalue weighted by Gasteiger charge is 2.30. The lowest BCUT2D eigenvalue weighted by Crippen LogP contribution is -2.45. The second-order valence-corrected chi connectivity index (χ2v) is 16.1. The van der Waals surface area contributed by atoms with Gasteiger partial charge >= 0.3 is 0 Å². The maximum absolute atomic E-state index is 14.2. The van der Waals surface area contributed by atoms with Gasteiger partial charge in [-0.3, -0.25) is 4.79 Å². The van der Waals surface area contributed by atoms with Crippen LogP contribution in [0.3, 0.4) is 0 Å². The van der Waals surface area contributed by atoms with Crippen LogP contribution in [0.5, 0.6) is 17.2 Å². The quantitative estimate of drug-likeness (QED) is 0.121. The van der Waals surface area contributed by atoms with E-state index in [2.05, 4.69) is 39.8 Å². The molecular weight excluding hydrogens is 764 g/mol. The molecule has 0 radical (unpaired) electrons. The zero-order valence-corrected chi connectivity index (χ0v) is 33.5. The fraction of sp³-hybridized carbons (Fsp3) is 0.400. The summed E-state index contributed by atoms with van der Waals surface area (Å²) in [6, 6.07) is 25.0. The topological polar surface area (TPSA) is 120 Å². The Balaban J connectivity index is 1.07. The lowest BCUT2D eigenvalue weighted by molar-refractivity contribution is -0.122. The van der Waals surface area contributed by atoms with Gasteiger partial charge in [0.15, 0.2) is 0 Å². The molecular formula is C45H46Cl2FN5O4. The van der Waals surface area contributed by atoms with Crippen LogP contribution in [0.4, 0.5) is 4.39 Å². The van der Waals surface area contributed by atoms with Crippen molar-refractivity contribution in [1.82, 2.24) is 15.5 Å². The predicted octanol–water partition coefficient (Wildman–Crippen LogP) is 9.01. The van der Waals surface area contributed by atoms with Gasteiger partial charge in [0, 0.05) is 62.4 Å². The summed E-state index contributed by atoms with van der Waals surface area (Å²) < 4.78 is 33.4. The molecule has 2 saturated heterocycles. The van der Waals surface area contributed by atoms with Crippen molar-refractivity contribution in [3.05, 3.63) is 110 Å². The molecule has 1 aliphatic carbocycles. The van der Waals surface area contributed by atoms with Gasteiger partial charge in [-0.1, -0.05) is 53.5 Å². The Labute approximate surface area is 343 Å². The number of alkyl halides is 1. The molecule has 3 aliphatic rings. The number of halogens is 3. The monoisotopic (exact) mass is 809 g/mol. The molecule has 2 N–H and O–H groups in total. The third-order valence-corrected chi connectivity index (χ3v) is 11.8. The smallest absolute Gasteiger partial charge is 0.220 e. The molecule has 4 aromatic carbocycles. The van der Waals surface area contributed by atoms with Gasteiger partial charge in [0.2, 0.25) is 5.91 Å². The number of ether oxygens (including phenoxy) is 3. The second-order valence-electron chi connectivity index (χ2n) is 15.3. The maximum Gasteiger partial charge on any atom is 0.220 e. The third kappa shape index (κ3) is 10.0. The summed E-state index contributed by atoms with van der Waals surface area (Å²) in [5.41, 5.74) is 5.34. The van der Waals surface area contributed by atoms with Crippen molar-refractivity contribution in [2.45, 2.75) is 82.8 Å². The highest BCUT2D eigenvalue weighted by Crippen LogP contribution is 2.45. The molecule has 2 fully saturated rings. The van der Waals surface area contributed by atoms with Crippen molar-refractivity contribution in [2.75, 3.05) is 32.8 Å². The number of benzene rings is 4. The summed E-state index contributed by atoms with van der Waals surface area (Å²) in [6.07, 6.45) is 4.39. The average Bonchev–Trinajstić information content (AvgIpc) is 3.63. The standard InChI is InChI=1S/C45H46Cl2FN5O4/c1-45(48)13-16-53(17-14-45)15-4-18-55-40-8-3-7-37(44(40)47)34-5-2-6-36-35(34)10-11-39(36)57-42-23-41(56-28-31-20-29(24-49)19-30(21-31)25-50)32(22-38(42)46)26-51-33-9-12-43(54)52-27-33/h2-3,5-8,19-23,33,39,51H,4,9-18,26-28H2,1H3,(H,52,54)/t33-,39-/m0/s1. The zero-order chi connectivity index (χ0) is 39.9. The zero-order valence-electron chi connectivity index (χ0n) is 32.0. The van der Waals surface area contributed by atoms with Crippen molar-refractivity contribution in [1.29, 1.82) is 10.5 Å². The number of rotatable bonds is 14. The lowest BCUT2D eigenvalue weighted by atomic mass is 9.96. The van der Waals surface area contributed by atoms with Crippen molar-refractivity contribution < 1.29 is 23.4 Å². The van der Waals surface area contributed by atoms with Crippen LogP contribution in [0.2, 0.25) is 10.0 Å². The maximum atomic E-state index is 14.2. The number of nitrogens with one attached hydrogen (secondary N) is 2. The molecule has 9 nitrogen and oxygen atoms in total. The van der Waals surface area contributed by atoms with Crippen LogP contribution >= 0.6 is 23.2 Å². The number of likely N-dealkylation sites (tertiary alicyclic amines) is 1. The molecule has 7 rings (SSSR count). The van der Waals surface area contributed by atoms with Crippen molar-refractivity contribution in [3.8, 4) is 40.5 Å². The lowest BCUT2D eigenvalue weighted by Gasteiger charge is -2.34. The summed E-state index contributed by atoms with van der Waals surface area (Å²) in [7, 11) is 0. The first-order valence-electron chi connectivity index (χ1n) is 19.6. The third-order valence-electron chi connectivity index (χ3n) is 11.1. The van der Waals surface area contributed by atoms with Gasteiger partial charge in [-0.25, -0.2) is 4.39 Å². The Morgan fingerprint density at radius 3 is 2.42 bits per heavy atom. The molecule has 1 amide bonds. The van der Waals surface area contributed by atoms with E-state index in [1.807, 2.05) is 36.4 Å². The van der Waals surface area contributed by atoms with E-state index in [1.165, 1.54) is 0 Å². The number of carbonyl (C=O) groups excluding carboxylic acids is 1. The van der Waals surface area contributed by atoms with Crippen LogP contribution in [-0.2, 0) is 24.4 Å². The Kier molecular flexibility index (Phi) is 12.9. The first-order chi connectivity index (χ1) is 27.6. The minimum Gasteiger partial charge on any atom is -0.492 e. The molecule has 0 bridgehead atoms. The molecule has 0 saturated carbocycles. The van der Waals surface area contributed by atoms with Gasteiger partial charge in [-0.2, -0.15) is 10.5 Å². The second kappa shape index (κ2) is 18.2. The summed E-state index contributed by atoms with van der Waals surface area (Å²) >= 11 is 13.9. The van der Waals surface area contributed by atoms with Crippen molar-refractivity contribution >= 4 is 29.1 Å². The molecule has 0 aromatic heterocycles. The van der Waals surface area contributed by atoms with E-state index in [1.54, 1.807) is 25.1 Å². The largest absolute Gasteiger partial charge is 0.492 e. The molecule has 0 unspecified atom stereocenters. The van der Waals surface area contributed by atoms with Gasteiger partial charge < -0.3 is 29.7 Å². The number of amides is 1. The van der Waals surface area contributed by atoms with E-state index in [0.29, 0.717) is 82.9 Å². The SMILES string of the molecule is CC1(F)CCN(CCCOc2cccc(-c3cccc4c3CC[C@@H]4Oc3cc(OCc4cc(C#N)cc(C#N)c4)c(CN[C@H]4CCC(=O)NC4)cc3Cl)c2Cl)CC1. The van der Waals surface area contributed by atoms with Gasteiger partial charge in [-0.15, -0.1) is 0 Å². The average molecular weight is 811 g/mol. The van der Waals surface area contributed by atoms with E-state index in [4.69, 9.17) is 37.4 Å². The number of fused-ring (bicyclic) bond motifs is 1. The highest BCUT2D eigenvalue weighted by molar-refractivity contribution is 6.35. The van der Waals surface area contributed by atoms with Gasteiger partial charge in [0.05, 0.1) is 39.9 Å². The Morgan fingerprint density at radius 2 is 1.68 bits per heavy atom. The number of nitrogens with zero attached hydrogens (tertiary/aromatic N) is 3. The van der Waals surface area contributed by atoms with Crippen LogP contribution < -0.4 is 24.8 Å². The minimum absolute atomic E-state index is 0.0496. The first kappa shape index (κ1) is 40.4. The minimum atomic E-state index is -1.06. The molecule has 0 spiro atoms. The van der Waals surface area contributed by atoms with Crippen LogP contribution in [0, 0.1) is 22.7 Å². The molecule has 2 atom stereocenters. The summed E-state index contributed by atoms with van der Waals surface area (Å²) in [5, 5.41) is 26.4. The van der Waals surface area contributed by atoms with Crippen LogP contribution in [-0.4, -0.2) is 55.3 Å². The number of hydrogen-bond donors (Lipinski definition) is 2. The molecule has 2 aliphatic heterocycles. The van der Waals surface area contributed by atoms with Gasteiger partial charge in [-0.05, 0) is 98.0 Å². The summed E-state index contributed by atoms with van der Waals surface area (Å²) in [6.45, 7) is 5.70. The first-order valence-corrected chi connectivity index (χ1v) is 20.4. The Hall–Kier alpha value is -4.84. The molecule has 57 heavy (non-hydrogen) atoms. The number of carbonyl (C=O) groups is 1. The highest BCUT2D eigenvalue weighted by atomic mass is 35.5. The van der Waals surface area contributed by atoms with Gasteiger partial charge in [0.1, 0.15) is 35.6 Å². The van der Waals surface area contributed by atoms with E-state index in [-0.39, 0.29) is 24.7 Å². The number of hydrogen-bond acceptors (Lipinski definition) is 8. The van der Waals surface area contributed by atoms with Crippen molar-refractivity contribution in [3.63, 3.8) is 0 Å². The molecule has 4 aromatic rings. The molecule has 296 valence electrons. The van der Waals surface area contributed by atoms with Crippen LogP contribution in [0.1, 0.15) is 84.9 Å². The number of piperidine rings is 2. The fourth-order valence-electron chi connectivity index (χ4n) is 7.85. The van der Waals surface area contributed by atoms with Gasteiger partial charge in [0.25, 0.3) is 0 Å². The fourth-order valence-corrected chi connectivity index (χ4v) is 8.37. The normalized spacial score (nSPS) is 18.9. The molecule has 2 heterocycles. The Morgan fingerprint density at radius 1 is 0.930 bits per heavy atom. The van der Waals surface area contributed by atoms with E-state index < -0.39 is 5.67 Å². The summed E-state index contributed by atoms with van der Waals surface area (Å²) in [4.78, 5) is 14.0. The number of nitriles is 2. The van der Waals surface area contributed by atoms with E-state index >= 15 is 0 Å². The van der Waals surface area contributed by atoms with Crippen LogP contribution in [0.25, 0.3) is 11.1 Å². The Bertz CT molecular complexity index is 2150.